The summed E-state index contributed by atoms with van der Waals surface area (Å²) in [4.78, 5) is 18.7. The number of thioether (sulfide) groups is 2. The van der Waals surface area contributed by atoms with Crippen LogP contribution in [0.25, 0.3) is 0 Å². The normalized spacial score (nSPS) is 11.9. The van der Waals surface area contributed by atoms with Crippen molar-refractivity contribution in [2.24, 2.45) is 4.99 Å². The SMILES string of the molecule is CSC(=NC(C=O)Cc1ccnc(F)c1)SC. The number of rotatable bonds is 4. The van der Waals surface area contributed by atoms with E-state index in [-0.39, 0.29) is 0 Å². The smallest absolute Gasteiger partial charge is 0.213 e. The zero-order valence-electron chi connectivity index (χ0n) is 9.59. The summed E-state index contributed by atoms with van der Waals surface area (Å²) in [5, 5.41) is 0. The minimum absolute atomic E-state index is 0.396. The maximum Gasteiger partial charge on any atom is 0.213 e. The molecule has 0 aliphatic heterocycles. The van der Waals surface area contributed by atoms with E-state index in [0.717, 1.165) is 16.2 Å². The molecular formula is C11H13FN2OS2. The van der Waals surface area contributed by atoms with Crippen molar-refractivity contribution in [3.63, 3.8) is 0 Å². The van der Waals surface area contributed by atoms with Crippen LogP contribution in [-0.2, 0) is 11.2 Å². The van der Waals surface area contributed by atoms with E-state index in [4.69, 9.17) is 0 Å². The molecule has 0 radical (unpaired) electrons. The minimum atomic E-state index is -0.536. The maximum absolute atomic E-state index is 12.9. The number of carbonyl (C=O) groups is 1. The summed E-state index contributed by atoms with van der Waals surface area (Å²) in [6, 6.07) is 2.54. The standard InChI is InChI=1S/C11H13FN2OS2/c1-16-11(17-2)14-9(7-15)5-8-3-4-13-10(12)6-8/h3-4,6-7,9H,5H2,1-2H3. The zero-order valence-corrected chi connectivity index (χ0v) is 11.2. The quantitative estimate of drug-likeness (QED) is 0.365. The van der Waals surface area contributed by atoms with Gasteiger partial charge in [-0.2, -0.15) is 4.39 Å². The molecule has 1 heterocycles. The number of aromatic nitrogens is 1. The van der Waals surface area contributed by atoms with Crippen LogP contribution in [0.2, 0.25) is 0 Å². The maximum atomic E-state index is 12.9. The molecule has 3 nitrogen and oxygen atoms in total. The third-order valence-corrected chi connectivity index (χ3v) is 3.92. The lowest BCUT2D eigenvalue weighted by molar-refractivity contribution is -0.108. The number of hydrogen-bond donors (Lipinski definition) is 0. The third kappa shape index (κ3) is 4.87. The molecule has 0 bridgehead atoms. The molecule has 1 aromatic heterocycles. The number of carbonyl (C=O) groups excluding carboxylic acids is 1. The van der Waals surface area contributed by atoms with E-state index in [0.29, 0.717) is 6.42 Å². The molecule has 0 fully saturated rings. The van der Waals surface area contributed by atoms with Crippen LogP contribution < -0.4 is 0 Å². The third-order valence-electron chi connectivity index (χ3n) is 2.01. The summed E-state index contributed by atoms with van der Waals surface area (Å²) >= 11 is 2.99. The van der Waals surface area contributed by atoms with Crippen LogP contribution in [0.15, 0.2) is 23.3 Å². The van der Waals surface area contributed by atoms with Gasteiger partial charge in [-0.1, -0.05) is 0 Å². The van der Waals surface area contributed by atoms with Crippen molar-refractivity contribution in [2.75, 3.05) is 12.5 Å². The summed E-state index contributed by atoms with van der Waals surface area (Å²) < 4.78 is 13.7. The zero-order chi connectivity index (χ0) is 12.7. The number of nitrogens with zero attached hydrogens (tertiary/aromatic N) is 2. The second kappa shape index (κ2) is 7.45. The van der Waals surface area contributed by atoms with Crippen molar-refractivity contribution >= 4 is 34.2 Å². The summed E-state index contributed by atoms with van der Waals surface area (Å²) in [7, 11) is 0. The van der Waals surface area contributed by atoms with Crippen molar-refractivity contribution in [1.82, 2.24) is 4.98 Å². The van der Waals surface area contributed by atoms with Crippen LogP contribution in [0.4, 0.5) is 4.39 Å². The lowest BCUT2D eigenvalue weighted by Gasteiger charge is -2.07. The van der Waals surface area contributed by atoms with E-state index < -0.39 is 12.0 Å². The molecule has 6 heteroatoms. The Morgan fingerprint density at radius 1 is 1.59 bits per heavy atom. The van der Waals surface area contributed by atoms with Gasteiger partial charge in [0, 0.05) is 12.6 Å². The Morgan fingerprint density at radius 3 is 2.82 bits per heavy atom. The Morgan fingerprint density at radius 2 is 2.29 bits per heavy atom. The van der Waals surface area contributed by atoms with Gasteiger partial charge in [0.1, 0.15) is 16.7 Å². The van der Waals surface area contributed by atoms with Crippen LogP contribution in [0, 0.1) is 5.95 Å². The first-order chi connectivity index (χ1) is 8.19. The van der Waals surface area contributed by atoms with Crippen molar-refractivity contribution in [2.45, 2.75) is 12.5 Å². The van der Waals surface area contributed by atoms with Gasteiger partial charge < -0.3 is 4.79 Å². The van der Waals surface area contributed by atoms with E-state index in [2.05, 4.69) is 9.98 Å². The molecule has 0 aliphatic carbocycles. The largest absolute Gasteiger partial charge is 0.301 e. The number of pyridine rings is 1. The Labute approximate surface area is 108 Å². The molecule has 1 unspecified atom stereocenters. The highest BCUT2D eigenvalue weighted by atomic mass is 32.2. The van der Waals surface area contributed by atoms with Gasteiger partial charge in [0.15, 0.2) is 0 Å². The van der Waals surface area contributed by atoms with Crippen LogP contribution in [0.3, 0.4) is 0 Å². The molecule has 1 atom stereocenters. The monoisotopic (exact) mass is 272 g/mol. The van der Waals surface area contributed by atoms with Crippen LogP contribution in [0.5, 0.6) is 0 Å². The highest BCUT2D eigenvalue weighted by Crippen LogP contribution is 2.14. The van der Waals surface area contributed by atoms with Crippen LogP contribution >= 0.6 is 23.5 Å². The number of aldehydes is 1. The van der Waals surface area contributed by atoms with E-state index in [1.54, 1.807) is 6.07 Å². The predicted molar refractivity (Wildman–Crippen MR) is 72.2 cm³/mol. The first-order valence-corrected chi connectivity index (χ1v) is 7.36. The van der Waals surface area contributed by atoms with Gasteiger partial charge in [0.25, 0.3) is 0 Å². The van der Waals surface area contributed by atoms with Crippen molar-refractivity contribution in [3.05, 3.63) is 29.8 Å². The Hall–Kier alpha value is -0.880. The molecule has 0 amide bonds. The highest BCUT2D eigenvalue weighted by molar-refractivity contribution is 8.38. The van der Waals surface area contributed by atoms with E-state index in [1.807, 2.05) is 12.5 Å². The van der Waals surface area contributed by atoms with Gasteiger partial charge in [-0.05, 0) is 30.2 Å². The van der Waals surface area contributed by atoms with Gasteiger partial charge >= 0.3 is 0 Å². The average Bonchev–Trinajstić information content (AvgIpc) is 2.34. The lowest BCUT2D eigenvalue weighted by atomic mass is 10.1. The van der Waals surface area contributed by atoms with Gasteiger partial charge in [-0.3, -0.25) is 4.99 Å². The fraction of sp³-hybridized carbons (Fsp3) is 0.364. The Kier molecular flexibility index (Phi) is 6.21. The van der Waals surface area contributed by atoms with E-state index in [1.165, 1.54) is 35.8 Å². The number of hydrogen-bond acceptors (Lipinski definition) is 5. The first kappa shape index (κ1) is 14.2. The molecule has 0 aromatic carbocycles. The molecule has 1 aromatic rings. The Balaban J connectivity index is 2.76. The topological polar surface area (TPSA) is 42.3 Å². The van der Waals surface area contributed by atoms with Gasteiger partial charge in [0.05, 0.1) is 0 Å². The second-order valence-corrected chi connectivity index (χ2v) is 5.05. The molecular weight excluding hydrogens is 259 g/mol. The average molecular weight is 272 g/mol. The van der Waals surface area contributed by atoms with Crippen LogP contribution in [0.1, 0.15) is 5.56 Å². The van der Waals surface area contributed by atoms with Gasteiger partial charge in [-0.15, -0.1) is 23.5 Å². The van der Waals surface area contributed by atoms with Crippen LogP contribution in [-0.4, -0.2) is 34.2 Å². The van der Waals surface area contributed by atoms with Crippen molar-refractivity contribution in [1.29, 1.82) is 0 Å². The Bertz CT molecular complexity index is 406. The molecule has 0 N–H and O–H groups in total. The molecule has 0 aliphatic rings. The second-order valence-electron chi connectivity index (χ2n) is 3.20. The van der Waals surface area contributed by atoms with E-state index in [9.17, 15) is 9.18 Å². The lowest BCUT2D eigenvalue weighted by Crippen LogP contribution is -2.12. The fourth-order valence-electron chi connectivity index (χ4n) is 1.26. The molecule has 92 valence electrons. The van der Waals surface area contributed by atoms with Gasteiger partial charge in [-0.25, -0.2) is 4.98 Å². The molecule has 0 spiro atoms. The molecule has 1 rings (SSSR count). The number of aliphatic imine (C=N–C) groups is 1. The fourth-order valence-corrected chi connectivity index (χ4v) is 2.41. The number of halogens is 1. The van der Waals surface area contributed by atoms with Gasteiger partial charge in [0.2, 0.25) is 5.95 Å². The van der Waals surface area contributed by atoms with E-state index >= 15 is 0 Å². The first-order valence-electron chi connectivity index (χ1n) is 4.91. The molecule has 0 saturated carbocycles. The van der Waals surface area contributed by atoms with Crippen molar-refractivity contribution < 1.29 is 9.18 Å². The molecule has 17 heavy (non-hydrogen) atoms. The highest BCUT2D eigenvalue weighted by Gasteiger charge is 2.09. The van der Waals surface area contributed by atoms with Crippen molar-refractivity contribution in [3.8, 4) is 0 Å². The summed E-state index contributed by atoms with van der Waals surface area (Å²) in [5.74, 6) is -0.536. The predicted octanol–water partition coefficient (Wildman–Crippen LogP) is 2.41. The summed E-state index contributed by atoms with van der Waals surface area (Å²) in [6.45, 7) is 0. The summed E-state index contributed by atoms with van der Waals surface area (Å²) in [5.41, 5.74) is 0.722. The molecule has 0 saturated heterocycles. The summed E-state index contributed by atoms with van der Waals surface area (Å²) in [6.07, 6.45) is 6.38. The minimum Gasteiger partial charge on any atom is -0.301 e.